The third-order valence-corrected chi connectivity index (χ3v) is 3.45. The molecule has 2 aromatic carbocycles. The van der Waals surface area contributed by atoms with Crippen LogP contribution in [0.1, 0.15) is 17.3 Å². The van der Waals surface area contributed by atoms with Gasteiger partial charge in [0.1, 0.15) is 23.1 Å². The maximum Gasteiger partial charge on any atom is 0.279 e. The lowest BCUT2D eigenvalue weighted by Crippen LogP contribution is -2.47. The van der Waals surface area contributed by atoms with Gasteiger partial charge in [-0.1, -0.05) is 0 Å². The molecule has 0 aliphatic carbocycles. The Morgan fingerprint density at radius 1 is 0.962 bits per heavy atom. The number of rotatable bonds is 6. The zero-order chi connectivity index (χ0) is 19.1. The molecule has 0 aromatic heterocycles. The number of carbonyl (C=O) groups excluding carboxylic acids is 2. The van der Waals surface area contributed by atoms with E-state index in [2.05, 4.69) is 10.9 Å². The van der Waals surface area contributed by atoms with Gasteiger partial charge >= 0.3 is 0 Å². The normalized spacial score (nSPS) is 11.2. The standard InChI is InChI=1S/C18H19FN2O5/c1-11(26-13-6-4-12(19)5-7-13)17(22)20-21-18(23)15-9-8-14(24-2)10-16(15)25-3/h4-11H,1-3H3,(H,20,22)(H,21,23)/t11-/m1/s1. The summed E-state index contributed by atoms with van der Waals surface area (Å²) in [6.45, 7) is 1.50. The van der Waals surface area contributed by atoms with E-state index in [0.717, 1.165) is 0 Å². The first-order valence-electron chi connectivity index (χ1n) is 7.69. The predicted molar refractivity (Wildman–Crippen MR) is 91.6 cm³/mol. The SMILES string of the molecule is COc1ccc(C(=O)NNC(=O)[C@@H](C)Oc2ccc(F)cc2)c(OC)c1. The third kappa shape index (κ3) is 4.85. The van der Waals surface area contributed by atoms with Crippen molar-refractivity contribution in [1.29, 1.82) is 0 Å². The van der Waals surface area contributed by atoms with E-state index >= 15 is 0 Å². The number of nitrogens with one attached hydrogen (secondary N) is 2. The summed E-state index contributed by atoms with van der Waals surface area (Å²) >= 11 is 0. The molecule has 0 saturated heterocycles. The van der Waals surface area contributed by atoms with Crippen molar-refractivity contribution in [3.8, 4) is 17.2 Å². The minimum Gasteiger partial charge on any atom is -0.497 e. The van der Waals surface area contributed by atoms with Crippen molar-refractivity contribution in [2.45, 2.75) is 13.0 Å². The van der Waals surface area contributed by atoms with Gasteiger partial charge in [0.2, 0.25) is 0 Å². The maximum atomic E-state index is 12.9. The molecule has 2 rings (SSSR count). The molecule has 138 valence electrons. The zero-order valence-corrected chi connectivity index (χ0v) is 14.5. The van der Waals surface area contributed by atoms with Crippen molar-refractivity contribution in [3.63, 3.8) is 0 Å². The first-order chi connectivity index (χ1) is 12.4. The topological polar surface area (TPSA) is 85.9 Å². The third-order valence-electron chi connectivity index (χ3n) is 3.45. The van der Waals surface area contributed by atoms with Crippen LogP contribution >= 0.6 is 0 Å². The molecule has 0 radical (unpaired) electrons. The van der Waals surface area contributed by atoms with Crippen LogP contribution in [-0.4, -0.2) is 32.1 Å². The molecule has 2 N–H and O–H groups in total. The van der Waals surface area contributed by atoms with E-state index in [-0.39, 0.29) is 5.56 Å². The molecule has 1 atom stereocenters. The van der Waals surface area contributed by atoms with Crippen LogP contribution in [0.5, 0.6) is 17.2 Å². The second kappa shape index (κ2) is 8.70. The van der Waals surface area contributed by atoms with Gasteiger partial charge < -0.3 is 14.2 Å². The molecule has 0 saturated carbocycles. The first-order valence-corrected chi connectivity index (χ1v) is 7.69. The quantitative estimate of drug-likeness (QED) is 0.769. The zero-order valence-electron chi connectivity index (χ0n) is 14.5. The van der Waals surface area contributed by atoms with Crippen LogP contribution in [0.25, 0.3) is 0 Å². The highest BCUT2D eigenvalue weighted by Crippen LogP contribution is 2.24. The van der Waals surface area contributed by atoms with Gasteiger partial charge in [0.25, 0.3) is 11.8 Å². The minimum absolute atomic E-state index is 0.223. The summed E-state index contributed by atoms with van der Waals surface area (Å²) < 4.78 is 28.4. The number of ether oxygens (including phenoxy) is 3. The predicted octanol–water partition coefficient (Wildman–Crippen LogP) is 2.07. The van der Waals surface area contributed by atoms with Gasteiger partial charge in [-0.3, -0.25) is 20.4 Å². The summed E-state index contributed by atoms with van der Waals surface area (Å²) in [6, 6.07) is 9.91. The number of hydrogen-bond donors (Lipinski definition) is 2. The highest BCUT2D eigenvalue weighted by molar-refractivity contribution is 5.98. The number of hydrogen-bond acceptors (Lipinski definition) is 5. The summed E-state index contributed by atoms with van der Waals surface area (Å²) in [4.78, 5) is 24.2. The lowest BCUT2D eigenvalue weighted by atomic mass is 10.2. The maximum absolute atomic E-state index is 12.9. The number of methoxy groups -OCH3 is 2. The molecule has 7 nitrogen and oxygen atoms in total. The van der Waals surface area contributed by atoms with E-state index in [0.29, 0.717) is 17.2 Å². The average Bonchev–Trinajstić information content (AvgIpc) is 2.66. The lowest BCUT2D eigenvalue weighted by Gasteiger charge is -2.16. The van der Waals surface area contributed by atoms with Crippen LogP contribution in [0.2, 0.25) is 0 Å². The lowest BCUT2D eigenvalue weighted by molar-refractivity contribution is -0.128. The molecular formula is C18H19FN2O5. The van der Waals surface area contributed by atoms with E-state index in [1.165, 1.54) is 51.5 Å². The van der Waals surface area contributed by atoms with Gasteiger partial charge in [-0.2, -0.15) is 0 Å². The molecular weight excluding hydrogens is 343 g/mol. The Hall–Kier alpha value is -3.29. The van der Waals surface area contributed by atoms with Crippen molar-refractivity contribution < 1.29 is 28.2 Å². The number of halogens is 1. The molecule has 0 spiro atoms. The van der Waals surface area contributed by atoms with Gasteiger partial charge in [-0.05, 0) is 43.3 Å². The Kier molecular flexibility index (Phi) is 6.37. The van der Waals surface area contributed by atoms with Crippen LogP contribution in [0, 0.1) is 5.82 Å². The van der Waals surface area contributed by atoms with Gasteiger partial charge in [-0.25, -0.2) is 4.39 Å². The summed E-state index contributed by atoms with van der Waals surface area (Å²) in [6.07, 6.45) is -0.904. The number of hydrazine groups is 1. The second-order valence-corrected chi connectivity index (χ2v) is 5.22. The van der Waals surface area contributed by atoms with Crippen LogP contribution in [-0.2, 0) is 4.79 Å². The van der Waals surface area contributed by atoms with Crippen LogP contribution in [0.15, 0.2) is 42.5 Å². The van der Waals surface area contributed by atoms with Crippen molar-refractivity contribution in [2.24, 2.45) is 0 Å². The van der Waals surface area contributed by atoms with Crippen molar-refractivity contribution in [1.82, 2.24) is 10.9 Å². The highest BCUT2D eigenvalue weighted by Gasteiger charge is 2.18. The average molecular weight is 362 g/mol. The van der Waals surface area contributed by atoms with Gasteiger partial charge in [0, 0.05) is 6.07 Å². The summed E-state index contributed by atoms with van der Waals surface area (Å²) in [5.74, 6) is -0.384. The fourth-order valence-corrected chi connectivity index (χ4v) is 2.04. The van der Waals surface area contributed by atoms with E-state index < -0.39 is 23.7 Å². The van der Waals surface area contributed by atoms with Crippen LogP contribution in [0.3, 0.4) is 0 Å². The number of amides is 2. The molecule has 2 aromatic rings. The van der Waals surface area contributed by atoms with Gasteiger partial charge in [-0.15, -0.1) is 0 Å². The van der Waals surface area contributed by atoms with Crippen LogP contribution < -0.4 is 25.1 Å². The first kappa shape index (κ1) is 19.0. The van der Waals surface area contributed by atoms with Crippen LogP contribution in [0.4, 0.5) is 4.39 Å². The molecule has 0 aliphatic heterocycles. The monoisotopic (exact) mass is 362 g/mol. The smallest absolute Gasteiger partial charge is 0.279 e. The second-order valence-electron chi connectivity index (χ2n) is 5.22. The Morgan fingerprint density at radius 2 is 1.62 bits per heavy atom. The molecule has 26 heavy (non-hydrogen) atoms. The molecule has 0 bridgehead atoms. The molecule has 8 heteroatoms. The molecule has 2 amide bonds. The molecule has 0 unspecified atom stereocenters. The van der Waals surface area contributed by atoms with Crippen molar-refractivity contribution in [3.05, 3.63) is 53.8 Å². The van der Waals surface area contributed by atoms with Gasteiger partial charge in [0.05, 0.1) is 19.8 Å². The van der Waals surface area contributed by atoms with E-state index in [4.69, 9.17) is 14.2 Å². The van der Waals surface area contributed by atoms with E-state index in [9.17, 15) is 14.0 Å². The minimum atomic E-state index is -0.904. The Labute approximate surface area is 150 Å². The Balaban J connectivity index is 1.93. The van der Waals surface area contributed by atoms with Crippen molar-refractivity contribution >= 4 is 11.8 Å². The number of benzene rings is 2. The fraction of sp³-hybridized carbons (Fsp3) is 0.222. The summed E-state index contributed by atoms with van der Waals surface area (Å²) in [7, 11) is 2.92. The molecule has 0 fully saturated rings. The highest BCUT2D eigenvalue weighted by atomic mass is 19.1. The molecule has 0 aliphatic rings. The van der Waals surface area contributed by atoms with E-state index in [1.54, 1.807) is 12.1 Å². The summed E-state index contributed by atoms with van der Waals surface area (Å²) in [5, 5.41) is 0. The van der Waals surface area contributed by atoms with Gasteiger partial charge in [0.15, 0.2) is 6.10 Å². The summed E-state index contributed by atoms with van der Waals surface area (Å²) in [5.41, 5.74) is 4.78. The number of carbonyl (C=O) groups is 2. The largest absolute Gasteiger partial charge is 0.497 e. The Morgan fingerprint density at radius 3 is 2.23 bits per heavy atom. The molecule has 0 heterocycles. The Bertz CT molecular complexity index is 780. The fourth-order valence-electron chi connectivity index (χ4n) is 2.04. The van der Waals surface area contributed by atoms with E-state index in [1.807, 2.05) is 0 Å². The van der Waals surface area contributed by atoms with Crippen molar-refractivity contribution in [2.75, 3.05) is 14.2 Å².